The number of halogens is 3. The topological polar surface area (TPSA) is 107 Å². The molecule has 1 unspecified atom stereocenters. The second kappa shape index (κ2) is 9.48. The highest BCUT2D eigenvalue weighted by atomic mass is 19.2. The summed E-state index contributed by atoms with van der Waals surface area (Å²) < 4.78 is 49.3. The second-order valence-corrected chi connectivity index (χ2v) is 8.27. The van der Waals surface area contributed by atoms with Crippen LogP contribution in [0.5, 0.6) is 0 Å². The van der Waals surface area contributed by atoms with E-state index in [1.165, 1.54) is 18.2 Å². The van der Waals surface area contributed by atoms with Crippen molar-refractivity contribution in [2.24, 2.45) is 5.73 Å². The van der Waals surface area contributed by atoms with Crippen LogP contribution in [0.4, 0.5) is 13.2 Å². The van der Waals surface area contributed by atoms with Gasteiger partial charge in [-0.3, -0.25) is 14.6 Å². The van der Waals surface area contributed by atoms with E-state index >= 15 is 0 Å². The number of nitrogens with one attached hydrogen (secondary N) is 1. The number of aromatic nitrogens is 2. The average molecular weight is 492 g/mol. The van der Waals surface area contributed by atoms with E-state index in [-0.39, 0.29) is 28.4 Å². The number of primary amides is 1. The number of benzene rings is 3. The molecule has 182 valence electrons. The molecule has 3 aromatic carbocycles. The van der Waals surface area contributed by atoms with Crippen LogP contribution in [-0.4, -0.2) is 41.4 Å². The molecule has 0 bridgehead atoms. The number of rotatable bonds is 5. The Morgan fingerprint density at radius 1 is 0.972 bits per heavy atom. The summed E-state index contributed by atoms with van der Waals surface area (Å²) in [5.74, 6) is -5.16. The van der Waals surface area contributed by atoms with Crippen molar-refractivity contribution < 1.29 is 27.5 Å². The summed E-state index contributed by atoms with van der Waals surface area (Å²) in [6.07, 6.45) is 1.30. The zero-order valence-electron chi connectivity index (χ0n) is 18.7. The van der Waals surface area contributed by atoms with Crippen molar-refractivity contribution in [2.75, 3.05) is 19.7 Å². The predicted octanol–water partition coefficient (Wildman–Crippen LogP) is 3.70. The minimum atomic E-state index is -1.38. The third-order valence-corrected chi connectivity index (χ3v) is 5.92. The zero-order chi connectivity index (χ0) is 25.4. The summed E-state index contributed by atoms with van der Waals surface area (Å²) >= 11 is 0. The Bertz CT molecular complexity index is 1520. The summed E-state index contributed by atoms with van der Waals surface area (Å²) in [5.41, 5.74) is 5.87. The largest absolute Gasteiger partial charge is 0.369 e. The SMILES string of the molecule is NC(=O)c1ccc(F)c(-c2cc(F)c(F)c(C(=O)c3ccc4nc(C5CNCCO5)cnc4c3)c2)c1. The summed E-state index contributed by atoms with van der Waals surface area (Å²) in [6.45, 7) is 1.90. The number of ether oxygens (including phenoxy) is 1. The molecule has 3 N–H and O–H groups in total. The fourth-order valence-corrected chi connectivity index (χ4v) is 4.04. The highest BCUT2D eigenvalue weighted by Crippen LogP contribution is 2.29. The maximum Gasteiger partial charge on any atom is 0.248 e. The van der Waals surface area contributed by atoms with E-state index < -0.39 is 34.7 Å². The van der Waals surface area contributed by atoms with Gasteiger partial charge in [-0.05, 0) is 54.1 Å². The highest BCUT2D eigenvalue weighted by molar-refractivity contribution is 6.11. The van der Waals surface area contributed by atoms with Crippen LogP contribution in [-0.2, 0) is 4.74 Å². The second-order valence-electron chi connectivity index (χ2n) is 8.27. The van der Waals surface area contributed by atoms with Crippen molar-refractivity contribution in [2.45, 2.75) is 6.10 Å². The van der Waals surface area contributed by atoms with Gasteiger partial charge in [0.1, 0.15) is 11.9 Å². The van der Waals surface area contributed by atoms with Crippen LogP contribution in [0.2, 0.25) is 0 Å². The number of hydrogen-bond acceptors (Lipinski definition) is 6. The lowest BCUT2D eigenvalue weighted by molar-refractivity contribution is 0.0250. The average Bonchev–Trinajstić information content (AvgIpc) is 2.90. The molecule has 2 heterocycles. The third-order valence-electron chi connectivity index (χ3n) is 5.92. The molecule has 10 heteroatoms. The van der Waals surface area contributed by atoms with Crippen LogP contribution < -0.4 is 11.1 Å². The first-order chi connectivity index (χ1) is 17.3. The quantitative estimate of drug-likeness (QED) is 0.412. The Hall–Kier alpha value is -4.15. The number of nitrogens with two attached hydrogens (primary N) is 1. The van der Waals surface area contributed by atoms with E-state index in [9.17, 15) is 22.8 Å². The van der Waals surface area contributed by atoms with Crippen molar-refractivity contribution in [3.8, 4) is 11.1 Å². The highest BCUT2D eigenvalue weighted by Gasteiger charge is 2.22. The molecule has 36 heavy (non-hydrogen) atoms. The molecule has 1 saturated heterocycles. The van der Waals surface area contributed by atoms with Gasteiger partial charge in [0.05, 0.1) is 35.1 Å². The number of ketones is 1. The van der Waals surface area contributed by atoms with E-state index in [2.05, 4.69) is 15.3 Å². The molecule has 1 aromatic heterocycles. The monoisotopic (exact) mass is 492 g/mol. The van der Waals surface area contributed by atoms with Gasteiger partial charge in [0.2, 0.25) is 5.91 Å². The summed E-state index contributed by atoms with van der Waals surface area (Å²) in [5, 5.41) is 3.21. The molecule has 1 atom stereocenters. The van der Waals surface area contributed by atoms with Crippen LogP contribution in [0.15, 0.2) is 54.7 Å². The number of nitrogens with zero attached hydrogens (tertiary/aromatic N) is 2. The minimum Gasteiger partial charge on any atom is -0.369 e. The molecule has 4 aromatic rings. The van der Waals surface area contributed by atoms with Crippen molar-refractivity contribution >= 4 is 22.7 Å². The van der Waals surface area contributed by atoms with E-state index in [4.69, 9.17) is 10.5 Å². The van der Waals surface area contributed by atoms with Gasteiger partial charge in [0.25, 0.3) is 0 Å². The Kier molecular flexibility index (Phi) is 6.21. The molecule has 5 rings (SSSR count). The first-order valence-corrected chi connectivity index (χ1v) is 11.0. The normalized spacial score (nSPS) is 15.7. The fourth-order valence-electron chi connectivity index (χ4n) is 4.04. The van der Waals surface area contributed by atoms with Crippen molar-refractivity contribution in [1.29, 1.82) is 0 Å². The van der Waals surface area contributed by atoms with Gasteiger partial charge >= 0.3 is 0 Å². The van der Waals surface area contributed by atoms with Gasteiger partial charge in [-0.1, -0.05) is 0 Å². The molecule has 0 aliphatic carbocycles. The minimum absolute atomic E-state index is 0.0223. The first-order valence-electron chi connectivity index (χ1n) is 11.0. The molecule has 1 aliphatic heterocycles. The van der Waals surface area contributed by atoms with Gasteiger partial charge < -0.3 is 15.8 Å². The first kappa shape index (κ1) is 23.6. The molecule has 1 aliphatic rings. The Morgan fingerprint density at radius 2 is 1.78 bits per heavy atom. The zero-order valence-corrected chi connectivity index (χ0v) is 18.7. The third kappa shape index (κ3) is 4.43. The molecule has 1 amide bonds. The number of amides is 1. The Labute approximate surface area is 203 Å². The van der Waals surface area contributed by atoms with Crippen LogP contribution in [0.25, 0.3) is 22.2 Å². The van der Waals surface area contributed by atoms with Crippen molar-refractivity contribution in [3.05, 3.63) is 94.6 Å². The lowest BCUT2D eigenvalue weighted by Gasteiger charge is -2.22. The maximum atomic E-state index is 14.7. The molecular formula is C26H19F3N4O3. The summed E-state index contributed by atoms with van der Waals surface area (Å²) in [6, 6.07) is 9.49. The molecule has 0 spiro atoms. The standard InChI is InChI=1S/C26H19F3N4O3/c27-18-3-1-14(26(30)35)7-16(18)15-8-17(24(29)19(28)9-15)25(34)13-2-4-20-21(10-13)32-11-22(33-20)23-12-31-5-6-36-23/h1-4,7-11,23,31H,5-6,12H2,(H2,30,35). The number of carbonyl (C=O) groups excluding carboxylic acids is 2. The van der Waals surface area contributed by atoms with Crippen LogP contribution >= 0.6 is 0 Å². The molecular weight excluding hydrogens is 473 g/mol. The van der Waals surface area contributed by atoms with E-state index in [0.29, 0.717) is 29.9 Å². The van der Waals surface area contributed by atoms with Gasteiger partial charge in [-0.2, -0.15) is 0 Å². The molecule has 7 nitrogen and oxygen atoms in total. The van der Waals surface area contributed by atoms with Crippen molar-refractivity contribution in [3.63, 3.8) is 0 Å². The lowest BCUT2D eigenvalue weighted by atomic mass is 9.95. The number of carbonyl (C=O) groups is 2. The summed E-state index contributed by atoms with van der Waals surface area (Å²) in [4.78, 5) is 33.5. The van der Waals surface area contributed by atoms with E-state index in [1.54, 1.807) is 12.3 Å². The Morgan fingerprint density at radius 3 is 2.53 bits per heavy atom. The molecule has 0 saturated carbocycles. The Balaban J connectivity index is 1.52. The van der Waals surface area contributed by atoms with E-state index in [0.717, 1.165) is 30.8 Å². The van der Waals surface area contributed by atoms with Gasteiger partial charge in [0, 0.05) is 29.8 Å². The molecule has 0 radical (unpaired) electrons. The van der Waals surface area contributed by atoms with Crippen LogP contribution in [0.3, 0.4) is 0 Å². The van der Waals surface area contributed by atoms with Crippen LogP contribution in [0.1, 0.15) is 38.1 Å². The van der Waals surface area contributed by atoms with Gasteiger partial charge in [-0.25, -0.2) is 18.2 Å². The lowest BCUT2D eigenvalue weighted by Crippen LogP contribution is -2.33. The van der Waals surface area contributed by atoms with Gasteiger partial charge in [-0.15, -0.1) is 0 Å². The van der Waals surface area contributed by atoms with Crippen molar-refractivity contribution in [1.82, 2.24) is 15.3 Å². The van der Waals surface area contributed by atoms with Crippen LogP contribution in [0, 0.1) is 17.5 Å². The smallest absolute Gasteiger partial charge is 0.248 e. The molecule has 1 fully saturated rings. The van der Waals surface area contributed by atoms with E-state index in [1.807, 2.05) is 0 Å². The van der Waals surface area contributed by atoms with Gasteiger partial charge in [0.15, 0.2) is 17.4 Å². The maximum absolute atomic E-state index is 14.7. The fraction of sp³-hybridized carbons (Fsp3) is 0.154. The number of fused-ring (bicyclic) bond motifs is 1. The predicted molar refractivity (Wildman–Crippen MR) is 125 cm³/mol. The number of hydrogen-bond donors (Lipinski definition) is 2. The summed E-state index contributed by atoms with van der Waals surface area (Å²) in [7, 11) is 0. The number of morpholine rings is 1.